The van der Waals surface area contributed by atoms with Crippen molar-refractivity contribution in [1.82, 2.24) is 0 Å². The zero-order valence-electron chi connectivity index (χ0n) is 15.1. The van der Waals surface area contributed by atoms with Gasteiger partial charge in [0.1, 0.15) is 6.61 Å². The summed E-state index contributed by atoms with van der Waals surface area (Å²) in [6.45, 7) is 2.88. The maximum absolute atomic E-state index is 12.3. The molecule has 140 valence electrons. The average Bonchev–Trinajstić information content (AvgIpc) is 2.61. The average molecular weight is 361 g/mol. The SMILES string of the molecule is CCCCCCCCCOC(=O)C1CCCCC1C(=O)OCCCl. The zero-order chi connectivity index (χ0) is 17.6. The minimum absolute atomic E-state index is 0.205. The van der Waals surface area contributed by atoms with Gasteiger partial charge in [-0.25, -0.2) is 0 Å². The molecule has 24 heavy (non-hydrogen) atoms. The number of carbonyl (C=O) groups is 2. The topological polar surface area (TPSA) is 52.6 Å². The van der Waals surface area contributed by atoms with Crippen molar-refractivity contribution in [1.29, 1.82) is 0 Å². The Kier molecular flexibility index (Phi) is 12.0. The molecule has 0 aromatic rings. The van der Waals surface area contributed by atoms with Gasteiger partial charge in [-0.1, -0.05) is 58.3 Å². The summed E-state index contributed by atoms with van der Waals surface area (Å²) < 4.78 is 10.5. The highest BCUT2D eigenvalue weighted by atomic mass is 35.5. The predicted molar refractivity (Wildman–Crippen MR) is 96.1 cm³/mol. The number of unbranched alkanes of at least 4 members (excludes halogenated alkanes) is 6. The second-order valence-electron chi connectivity index (χ2n) is 6.64. The van der Waals surface area contributed by atoms with Crippen molar-refractivity contribution in [3.63, 3.8) is 0 Å². The number of rotatable bonds is 12. The van der Waals surface area contributed by atoms with E-state index in [9.17, 15) is 9.59 Å². The molecule has 2 atom stereocenters. The van der Waals surface area contributed by atoms with Gasteiger partial charge in [0.25, 0.3) is 0 Å². The zero-order valence-corrected chi connectivity index (χ0v) is 15.8. The van der Waals surface area contributed by atoms with Gasteiger partial charge in [-0.15, -0.1) is 11.6 Å². The van der Waals surface area contributed by atoms with Crippen LogP contribution in [0, 0.1) is 11.8 Å². The first kappa shape index (κ1) is 21.3. The molecular formula is C19H33ClO4. The summed E-state index contributed by atoms with van der Waals surface area (Å²) in [4.78, 5) is 24.4. The number of ether oxygens (including phenoxy) is 2. The van der Waals surface area contributed by atoms with Crippen LogP contribution in [0.15, 0.2) is 0 Å². The fraction of sp³-hybridized carbons (Fsp3) is 0.895. The van der Waals surface area contributed by atoms with Crippen LogP contribution in [0.3, 0.4) is 0 Å². The third-order valence-electron chi connectivity index (χ3n) is 4.69. The summed E-state index contributed by atoms with van der Waals surface area (Å²) in [5, 5.41) is 0. The fourth-order valence-corrected chi connectivity index (χ4v) is 3.36. The first-order chi connectivity index (χ1) is 11.7. The van der Waals surface area contributed by atoms with Crippen LogP contribution < -0.4 is 0 Å². The molecule has 0 aromatic heterocycles. The molecule has 0 amide bonds. The van der Waals surface area contributed by atoms with E-state index in [1.54, 1.807) is 0 Å². The number of carbonyl (C=O) groups excluding carboxylic acids is 2. The van der Waals surface area contributed by atoms with Gasteiger partial charge in [-0.3, -0.25) is 9.59 Å². The number of hydrogen-bond acceptors (Lipinski definition) is 4. The Hall–Kier alpha value is -0.770. The molecule has 1 aliphatic carbocycles. The van der Waals surface area contributed by atoms with E-state index in [-0.39, 0.29) is 36.3 Å². The van der Waals surface area contributed by atoms with Crippen LogP contribution in [-0.4, -0.2) is 31.0 Å². The maximum Gasteiger partial charge on any atom is 0.309 e. The molecule has 0 heterocycles. The molecule has 1 fully saturated rings. The Morgan fingerprint density at radius 3 is 1.88 bits per heavy atom. The van der Waals surface area contributed by atoms with Crippen molar-refractivity contribution >= 4 is 23.5 Å². The van der Waals surface area contributed by atoms with Crippen LogP contribution in [0.1, 0.15) is 77.6 Å². The normalized spacial score (nSPS) is 20.6. The second kappa shape index (κ2) is 13.5. The van der Waals surface area contributed by atoms with Crippen LogP contribution in [0.2, 0.25) is 0 Å². The van der Waals surface area contributed by atoms with Crippen LogP contribution in [0.25, 0.3) is 0 Å². The lowest BCUT2D eigenvalue weighted by molar-refractivity contribution is -0.162. The smallest absolute Gasteiger partial charge is 0.309 e. The minimum Gasteiger partial charge on any atom is -0.465 e. The predicted octanol–water partition coefficient (Wildman–Crippen LogP) is 4.87. The van der Waals surface area contributed by atoms with Crippen molar-refractivity contribution in [2.45, 2.75) is 77.6 Å². The number of esters is 2. The van der Waals surface area contributed by atoms with E-state index in [4.69, 9.17) is 21.1 Å². The molecule has 0 radical (unpaired) electrons. The van der Waals surface area contributed by atoms with E-state index < -0.39 is 0 Å². The molecule has 1 rings (SSSR count). The molecule has 4 nitrogen and oxygen atoms in total. The van der Waals surface area contributed by atoms with Crippen molar-refractivity contribution in [2.24, 2.45) is 11.8 Å². The molecule has 0 aliphatic heterocycles. The Labute approximate surface area is 151 Å². The lowest BCUT2D eigenvalue weighted by Crippen LogP contribution is -2.35. The summed E-state index contributed by atoms with van der Waals surface area (Å²) in [7, 11) is 0. The summed E-state index contributed by atoms with van der Waals surface area (Å²) >= 11 is 5.55. The summed E-state index contributed by atoms with van der Waals surface area (Å²) in [5.74, 6) is -0.942. The Morgan fingerprint density at radius 2 is 1.33 bits per heavy atom. The van der Waals surface area contributed by atoms with Crippen molar-refractivity contribution < 1.29 is 19.1 Å². The monoisotopic (exact) mass is 360 g/mol. The first-order valence-corrected chi connectivity index (χ1v) is 10.1. The molecule has 1 aliphatic rings. The van der Waals surface area contributed by atoms with Crippen molar-refractivity contribution in [3.05, 3.63) is 0 Å². The summed E-state index contributed by atoms with van der Waals surface area (Å²) in [5.41, 5.74) is 0. The van der Waals surface area contributed by atoms with Gasteiger partial charge >= 0.3 is 11.9 Å². The third-order valence-corrected chi connectivity index (χ3v) is 4.84. The van der Waals surface area contributed by atoms with E-state index in [2.05, 4.69) is 6.92 Å². The number of halogens is 1. The highest BCUT2D eigenvalue weighted by molar-refractivity contribution is 6.18. The molecule has 0 aromatic carbocycles. The standard InChI is InChI=1S/C19H33ClO4/c1-2-3-4-5-6-7-10-14-23-18(21)16-11-8-9-12-17(16)19(22)24-15-13-20/h16-17H,2-15H2,1H3. The molecule has 0 saturated heterocycles. The van der Waals surface area contributed by atoms with Crippen LogP contribution in [-0.2, 0) is 19.1 Å². The van der Waals surface area contributed by atoms with Crippen molar-refractivity contribution in [2.75, 3.05) is 19.1 Å². The second-order valence-corrected chi connectivity index (χ2v) is 7.02. The van der Waals surface area contributed by atoms with Gasteiger partial charge < -0.3 is 9.47 Å². The summed E-state index contributed by atoms with van der Waals surface area (Å²) in [6, 6.07) is 0. The first-order valence-electron chi connectivity index (χ1n) is 9.60. The van der Waals surface area contributed by atoms with E-state index in [0.29, 0.717) is 13.0 Å². The molecule has 1 saturated carbocycles. The molecule has 0 spiro atoms. The number of alkyl halides is 1. The Balaban J connectivity index is 2.24. The van der Waals surface area contributed by atoms with Crippen LogP contribution >= 0.6 is 11.6 Å². The fourth-order valence-electron chi connectivity index (χ4n) is 3.28. The van der Waals surface area contributed by atoms with Crippen LogP contribution in [0.4, 0.5) is 0 Å². The Morgan fingerprint density at radius 1 is 0.833 bits per heavy atom. The van der Waals surface area contributed by atoms with Gasteiger partial charge in [0.15, 0.2) is 0 Å². The summed E-state index contributed by atoms with van der Waals surface area (Å²) in [6.07, 6.45) is 11.7. The minimum atomic E-state index is -0.358. The highest BCUT2D eigenvalue weighted by Crippen LogP contribution is 2.32. The van der Waals surface area contributed by atoms with E-state index in [0.717, 1.165) is 32.1 Å². The lowest BCUT2D eigenvalue weighted by atomic mass is 9.79. The number of hydrogen-bond donors (Lipinski definition) is 0. The third kappa shape index (κ3) is 8.36. The maximum atomic E-state index is 12.3. The molecule has 5 heteroatoms. The van der Waals surface area contributed by atoms with Gasteiger partial charge in [-0.2, -0.15) is 0 Å². The van der Waals surface area contributed by atoms with Gasteiger partial charge in [0.2, 0.25) is 0 Å². The highest BCUT2D eigenvalue weighted by Gasteiger charge is 2.37. The molecule has 0 bridgehead atoms. The van der Waals surface area contributed by atoms with Gasteiger partial charge in [0, 0.05) is 0 Å². The molecule has 0 N–H and O–H groups in total. The van der Waals surface area contributed by atoms with E-state index in [1.165, 1.54) is 32.1 Å². The molecule has 2 unspecified atom stereocenters. The largest absolute Gasteiger partial charge is 0.465 e. The van der Waals surface area contributed by atoms with Crippen molar-refractivity contribution in [3.8, 4) is 0 Å². The van der Waals surface area contributed by atoms with Gasteiger partial charge in [-0.05, 0) is 19.3 Å². The van der Waals surface area contributed by atoms with E-state index >= 15 is 0 Å². The quantitative estimate of drug-likeness (QED) is 0.283. The lowest BCUT2D eigenvalue weighted by Gasteiger charge is -2.28. The van der Waals surface area contributed by atoms with Crippen LogP contribution in [0.5, 0.6) is 0 Å². The van der Waals surface area contributed by atoms with E-state index in [1.807, 2.05) is 0 Å². The molecular weight excluding hydrogens is 328 g/mol. The Bertz CT molecular complexity index is 359. The van der Waals surface area contributed by atoms with Gasteiger partial charge in [0.05, 0.1) is 24.3 Å².